The molecule has 0 saturated heterocycles. The molecule has 0 fully saturated rings. The maximum atomic E-state index is 9.36. The summed E-state index contributed by atoms with van der Waals surface area (Å²) in [6.07, 6.45) is 7.15. The van der Waals surface area contributed by atoms with Gasteiger partial charge in [0, 0.05) is 17.0 Å². The average Bonchev–Trinajstić information content (AvgIpc) is 3.17. The van der Waals surface area contributed by atoms with Gasteiger partial charge in [0.05, 0.1) is 47.8 Å². The van der Waals surface area contributed by atoms with Crippen molar-refractivity contribution in [3.8, 4) is 17.1 Å². The topological polar surface area (TPSA) is 103 Å². The molecule has 28 heavy (non-hydrogen) atoms. The Morgan fingerprint density at radius 2 is 2.00 bits per heavy atom. The fourth-order valence-corrected chi connectivity index (χ4v) is 3.19. The first kappa shape index (κ1) is 18.2. The first-order chi connectivity index (χ1) is 13.7. The molecule has 1 atom stereocenters. The Hall–Kier alpha value is -3.16. The van der Waals surface area contributed by atoms with Crippen LogP contribution in [-0.4, -0.2) is 29.8 Å². The summed E-state index contributed by atoms with van der Waals surface area (Å²) in [6, 6.07) is 11.4. The van der Waals surface area contributed by atoms with Gasteiger partial charge in [0.1, 0.15) is 0 Å². The summed E-state index contributed by atoms with van der Waals surface area (Å²) in [5.41, 5.74) is 10.2. The summed E-state index contributed by atoms with van der Waals surface area (Å²) >= 11 is 0. The van der Waals surface area contributed by atoms with E-state index in [4.69, 9.17) is 10.7 Å². The zero-order valence-corrected chi connectivity index (χ0v) is 15.7. The number of nitrogens with two attached hydrogens (primary N) is 1. The van der Waals surface area contributed by atoms with Gasteiger partial charge in [0.2, 0.25) is 0 Å². The molecule has 3 aromatic heterocycles. The molecule has 1 unspecified atom stereocenters. The number of aliphatic hydroxyl groups is 1. The van der Waals surface area contributed by atoms with Crippen LogP contribution >= 0.6 is 0 Å². The number of benzene rings is 1. The summed E-state index contributed by atoms with van der Waals surface area (Å²) in [5, 5.41) is 14.8. The minimum absolute atomic E-state index is 0.112. The third-order valence-corrected chi connectivity index (χ3v) is 4.67. The number of pyridine rings is 1. The van der Waals surface area contributed by atoms with Gasteiger partial charge in [0.25, 0.3) is 0 Å². The first-order valence-electron chi connectivity index (χ1n) is 9.32. The third kappa shape index (κ3) is 3.49. The summed E-state index contributed by atoms with van der Waals surface area (Å²) in [7, 11) is 0. The molecule has 7 heteroatoms. The number of aliphatic hydroxyl groups excluding tert-OH is 1. The van der Waals surface area contributed by atoms with Gasteiger partial charge in [-0.05, 0) is 24.6 Å². The third-order valence-electron chi connectivity index (χ3n) is 4.67. The van der Waals surface area contributed by atoms with Crippen molar-refractivity contribution in [1.82, 2.24) is 24.7 Å². The van der Waals surface area contributed by atoms with Crippen LogP contribution in [0.4, 0.5) is 0 Å². The van der Waals surface area contributed by atoms with E-state index in [0.29, 0.717) is 11.5 Å². The Morgan fingerprint density at radius 3 is 2.82 bits per heavy atom. The lowest BCUT2D eigenvalue weighted by Gasteiger charge is -2.11. The fraction of sp³-hybridized carbons (Fsp3) is 0.238. The second-order valence-corrected chi connectivity index (χ2v) is 6.70. The Morgan fingerprint density at radius 1 is 1.11 bits per heavy atom. The lowest BCUT2D eigenvalue weighted by atomic mass is 10.1. The molecule has 0 aliphatic carbocycles. The van der Waals surface area contributed by atoms with E-state index in [2.05, 4.69) is 22.0 Å². The molecular weight excluding hydrogens is 352 g/mol. The van der Waals surface area contributed by atoms with Gasteiger partial charge in [-0.15, -0.1) is 0 Å². The second-order valence-electron chi connectivity index (χ2n) is 6.70. The molecule has 1 aromatic carbocycles. The van der Waals surface area contributed by atoms with Crippen LogP contribution in [0, 0.1) is 0 Å². The molecule has 0 amide bonds. The molecule has 0 aliphatic rings. The molecule has 4 aromatic rings. The van der Waals surface area contributed by atoms with E-state index in [9.17, 15) is 5.11 Å². The van der Waals surface area contributed by atoms with Crippen LogP contribution < -0.4 is 5.73 Å². The number of rotatable bonds is 6. The summed E-state index contributed by atoms with van der Waals surface area (Å²) in [5.74, 6) is 0.656. The zero-order chi connectivity index (χ0) is 19.5. The fourth-order valence-electron chi connectivity index (χ4n) is 3.19. The van der Waals surface area contributed by atoms with Gasteiger partial charge in [-0.25, -0.2) is 14.6 Å². The minimum atomic E-state index is -0.114. The van der Waals surface area contributed by atoms with E-state index >= 15 is 0 Å². The first-order valence-corrected chi connectivity index (χ1v) is 9.32. The van der Waals surface area contributed by atoms with Crippen LogP contribution in [-0.2, 0) is 6.61 Å². The second kappa shape index (κ2) is 7.84. The highest BCUT2D eigenvalue weighted by Gasteiger charge is 2.12. The smallest absolute Gasteiger partial charge is 0.154 e. The molecular formula is C21H22N6O. The molecule has 4 rings (SSSR count). The SMILES string of the molecule is CCCC(N)c1cncc(-c2ccc3cnn(-c4cccc(CO)n4)c3c2)n1. The van der Waals surface area contributed by atoms with Crippen molar-refractivity contribution in [1.29, 1.82) is 0 Å². The van der Waals surface area contributed by atoms with E-state index in [1.807, 2.05) is 30.3 Å². The number of nitrogens with zero attached hydrogens (tertiary/aromatic N) is 5. The maximum absolute atomic E-state index is 9.36. The Labute approximate surface area is 162 Å². The zero-order valence-electron chi connectivity index (χ0n) is 15.7. The van der Waals surface area contributed by atoms with Gasteiger partial charge >= 0.3 is 0 Å². The van der Waals surface area contributed by atoms with Crippen molar-refractivity contribution in [2.75, 3.05) is 0 Å². The van der Waals surface area contributed by atoms with E-state index in [-0.39, 0.29) is 12.6 Å². The van der Waals surface area contributed by atoms with Crippen LogP contribution in [0.2, 0.25) is 0 Å². The number of hydrogen-bond donors (Lipinski definition) is 2. The van der Waals surface area contributed by atoms with Crippen LogP contribution in [0.5, 0.6) is 0 Å². The predicted octanol–water partition coefficient (Wildman–Crippen LogP) is 3.17. The molecule has 0 spiro atoms. The van der Waals surface area contributed by atoms with Crippen molar-refractivity contribution in [2.45, 2.75) is 32.4 Å². The van der Waals surface area contributed by atoms with Gasteiger partial charge in [-0.1, -0.05) is 31.5 Å². The van der Waals surface area contributed by atoms with Crippen molar-refractivity contribution in [3.05, 3.63) is 66.4 Å². The van der Waals surface area contributed by atoms with E-state index in [1.165, 1.54) is 0 Å². The van der Waals surface area contributed by atoms with E-state index in [0.717, 1.165) is 40.7 Å². The normalized spacial score (nSPS) is 12.4. The van der Waals surface area contributed by atoms with Crippen molar-refractivity contribution < 1.29 is 5.11 Å². The molecule has 3 heterocycles. The van der Waals surface area contributed by atoms with Gasteiger partial charge in [0.15, 0.2) is 5.82 Å². The highest BCUT2D eigenvalue weighted by Crippen LogP contribution is 2.25. The van der Waals surface area contributed by atoms with Crippen LogP contribution in [0.3, 0.4) is 0 Å². The Balaban J connectivity index is 1.77. The Bertz CT molecular complexity index is 1110. The predicted molar refractivity (Wildman–Crippen MR) is 108 cm³/mol. The summed E-state index contributed by atoms with van der Waals surface area (Å²) in [4.78, 5) is 13.5. The highest BCUT2D eigenvalue weighted by molar-refractivity contribution is 5.84. The molecule has 7 nitrogen and oxygen atoms in total. The lowest BCUT2D eigenvalue weighted by molar-refractivity contribution is 0.276. The number of aromatic nitrogens is 5. The molecule has 0 bridgehead atoms. The number of hydrogen-bond acceptors (Lipinski definition) is 6. The molecule has 142 valence electrons. The molecule has 0 saturated carbocycles. The van der Waals surface area contributed by atoms with Crippen molar-refractivity contribution in [3.63, 3.8) is 0 Å². The minimum Gasteiger partial charge on any atom is -0.390 e. The van der Waals surface area contributed by atoms with Crippen LogP contribution in [0.15, 0.2) is 55.0 Å². The Kier molecular flexibility index (Phi) is 5.10. The van der Waals surface area contributed by atoms with Crippen LogP contribution in [0.1, 0.15) is 37.2 Å². The van der Waals surface area contributed by atoms with Crippen LogP contribution in [0.25, 0.3) is 28.0 Å². The standard InChI is InChI=1S/C21H22N6O/c1-2-4-17(22)19-12-23-11-18(26-19)14-7-8-15-10-24-27(20(15)9-14)21-6-3-5-16(13-28)25-21/h3,5-12,17,28H,2,4,13,22H2,1H3. The molecule has 0 aliphatic heterocycles. The van der Waals surface area contributed by atoms with Gasteiger partial charge in [-0.3, -0.25) is 4.98 Å². The molecule has 0 radical (unpaired) electrons. The highest BCUT2D eigenvalue weighted by atomic mass is 16.3. The monoisotopic (exact) mass is 374 g/mol. The van der Waals surface area contributed by atoms with Gasteiger partial charge in [-0.2, -0.15) is 5.10 Å². The summed E-state index contributed by atoms with van der Waals surface area (Å²) < 4.78 is 1.76. The van der Waals surface area contributed by atoms with Crippen molar-refractivity contribution in [2.24, 2.45) is 5.73 Å². The van der Waals surface area contributed by atoms with E-state index in [1.54, 1.807) is 29.3 Å². The average molecular weight is 374 g/mol. The number of fused-ring (bicyclic) bond motifs is 1. The molecule has 3 N–H and O–H groups in total. The van der Waals surface area contributed by atoms with E-state index < -0.39 is 0 Å². The van der Waals surface area contributed by atoms with Gasteiger partial charge < -0.3 is 10.8 Å². The summed E-state index contributed by atoms with van der Waals surface area (Å²) in [6.45, 7) is 1.99. The van der Waals surface area contributed by atoms with Crippen molar-refractivity contribution >= 4 is 10.9 Å². The largest absolute Gasteiger partial charge is 0.390 e. The quantitative estimate of drug-likeness (QED) is 0.537. The lowest BCUT2D eigenvalue weighted by Crippen LogP contribution is -2.12. The maximum Gasteiger partial charge on any atom is 0.154 e.